The molecule has 0 bridgehead atoms. The number of hydrogen-bond acceptors (Lipinski definition) is 5. The van der Waals surface area contributed by atoms with Gasteiger partial charge in [0, 0.05) is 12.8 Å². The molecule has 0 saturated carbocycles. The number of allylic oxidation sites excluding steroid dienone is 4. The minimum absolute atomic E-state index is 0.00857. The third-order valence-electron chi connectivity index (χ3n) is 16.3. The maximum absolute atomic E-state index is 12.5. The molecular weight excluding hydrogens is 935 g/mol. The fraction of sp³-hybridized carbons (Fsp3) is 0.914. The van der Waals surface area contributed by atoms with Gasteiger partial charge in [0.1, 0.15) is 0 Å². The van der Waals surface area contributed by atoms with Crippen molar-refractivity contribution in [2.24, 2.45) is 0 Å². The van der Waals surface area contributed by atoms with Gasteiger partial charge in [-0.3, -0.25) is 9.59 Å². The number of aliphatic hydroxyl groups excluding tert-OH is 2. The first-order valence-electron chi connectivity index (χ1n) is 34.6. The van der Waals surface area contributed by atoms with E-state index in [0.29, 0.717) is 25.9 Å². The van der Waals surface area contributed by atoms with E-state index in [-0.39, 0.29) is 18.5 Å². The molecule has 0 aliphatic rings. The molecular formula is C70H135NO5. The topological polar surface area (TPSA) is 95.9 Å². The Balaban J connectivity index is 3.44. The zero-order chi connectivity index (χ0) is 55.0. The lowest BCUT2D eigenvalue weighted by Gasteiger charge is -2.22. The second kappa shape index (κ2) is 65.9. The van der Waals surface area contributed by atoms with Gasteiger partial charge >= 0.3 is 5.97 Å². The summed E-state index contributed by atoms with van der Waals surface area (Å²) in [6.07, 6.45) is 82.1. The van der Waals surface area contributed by atoms with E-state index < -0.39 is 12.1 Å². The number of ether oxygens (including phenoxy) is 1. The zero-order valence-electron chi connectivity index (χ0n) is 51.5. The molecule has 0 aliphatic heterocycles. The summed E-state index contributed by atoms with van der Waals surface area (Å²) >= 11 is 0. The van der Waals surface area contributed by atoms with E-state index >= 15 is 0 Å². The van der Waals surface area contributed by atoms with Crippen molar-refractivity contribution in [2.75, 3.05) is 13.2 Å². The van der Waals surface area contributed by atoms with Gasteiger partial charge in [0.15, 0.2) is 0 Å². The van der Waals surface area contributed by atoms with Crippen molar-refractivity contribution >= 4 is 11.9 Å². The van der Waals surface area contributed by atoms with Crippen LogP contribution in [0.4, 0.5) is 0 Å². The van der Waals surface area contributed by atoms with Crippen molar-refractivity contribution in [3.05, 3.63) is 24.3 Å². The van der Waals surface area contributed by atoms with Crippen LogP contribution in [0.5, 0.6) is 0 Å². The summed E-state index contributed by atoms with van der Waals surface area (Å²) in [5, 5.41) is 23.4. The molecule has 76 heavy (non-hydrogen) atoms. The Morgan fingerprint density at radius 3 is 1.00 bits per heavy atom. The van der Waals surface area contributed by atoms with E-state index in [1.54, 1.807) is 0 Å². The van der Waals surface area contributed by atoms with Gasteiger partial charge in [-0.05, 0) is 57.8 Å². The second-order valence-electron chi connectivity index (χ2n) is 23.9. The SMILES string of the molecule is CCCCCCCCCCCCCCCCCCCCCCCCCCC(O)C(CO)NC(=O)CCCCCCCCC/C=C\C/C=C\CCCCCCCCCCCOC(=O)CCCCCCCCCCCCCC. The first-order chi connectivity index (χ1) is 37.5. The van der Waals surface area contributed by atoms with E-state index in [2.05, 4.69) is 43.5 Å². The van der Waals surface area contributed by atoms with E-state index in [1.807, 2.05) is 0 Å². The highest BCUT2D eigenvalue weighted by Crippen LogP contribution is 2.19. The van der Waals surface area contributed by atoms with Gasteiger partial charge in [-0.25, -0.2) is 0 Å². The molecule has 0 aromatic heterocycles. The van der Waals surface area contributed by atoms with Gasteiger partial charge in [0.25, 0.3) is 0 Å². The molecule has 0 aliphatic carbocycles. The van der Waals surface area contributed by atoms with Crippen molar-refractivity contribution in [2.45, 2.75) is 398 Å². The maximum atomic E-state index is 12.5. The molecule has 6 heteroatoms. The Labute approximate surface area is 475 Å². The Hall–Kier alpha value is -1.66. The average molecular weight is 1070 g/mol. The van der Waals surface area contributed by atoms with Crippen LogP contribution < -0.4 is 5.32 Å². The molecule has 6 nitrogen and oxygen atoms in total. The molecule has 0 fully saturated rings. The van der Waals surface area contributed by atoms with Crippen LogP contribution in [0.25, 0.3) is 0 Å². The van der Waals surface area contributed by atoms with Gasteiger partial charge in [-0.15, -0.1) is 0 Å². The summed E-state index contributed by atoms with van der Waals surface area (Å²) in [7, 11) is 0. The van der Waals surface area contributed by atoms with Crippen molar-refractivity contribution < 1.29 is 24.5 Å². The summed E-state index contributed by atoms with van der Waals surface area (Å²) in [5.74, 6) is -0.0323. The molecule has 0 spiro atoms. The monoisotopic (exact) mass is 1070 g/mol. The normalized spacial score (nSPS) is 12.6. The molecule has 0 rings (SSSR count). The minimum atomic E-state index is -0.672. The average Bonchev–Trinajstić information content (AvgIpc) is 3.42. The smallest absolute Gasteiger partial charge is 0.305 e. The fourth-order valence-corrected chi connectivity index (χ4v) is 11.0. The van der Waals surface area contributed by atoms with Crippen molar-refractivity contribution in [1.82, 2.24) is 5.32 Å². The van der Waals surface area contributed by atoms with Crippen LogP contribution in [0.15, 0.2) is 24.3 Å². The lowest BCUT2D eigenvalue weighted by Crippen LogP contribution is -2.45. The molecule has 1 amide bonds. The Bertz CT molecular complexity index is 1190. The number of carbonyl (C=O) groups excluding carboxylic acids is 2. The number of nitrogens with one attached hydrogen (secondary N) is 1. The van der Waals surface area contributed by atoms with E-state index in [0.717, 1.165) is 44.9 Å². The number of aliphatic hydroxyl groups is 2. The number of amides is 1. The van der Waals surface area contributed by atoms with Gasteiger partial charge < -0.3 is 20.3 Å². The third kappa shape index (κ3) is 61.6. The number of esters is 1. The van der Waals surface area contributed by atoms with Crippen LogP contribution in [-0.4, -0.2) is 47.4 Å². The second-order valence-corrected chi connectivity index (χ2v) is 23.9. The fourth-order valence-electron chi connectivity index (χ4n) is 11.0. The van der Waals surface area contributed by atoms with Gasteiger partial charge in [-0.2, -0.15) is 0 Å². The van der Waals surface area contributed by atoms with Crippen LogP contribution >= 0.6 is 0 Å². The molecule has 0 aromatic carbocycles. The Morgan fingerprint density at radius 1 is 0.368 bits per heavy atom. The molecule has 0 saturated heterocycles. The van der Waals surface area contributed by atoms with Crippen molar-refractivity contribution in [1.29, 1.82) is 0 Å². The minimum Gasteiger partial charge on any atom is -0.466 e. The first kappa shape index (κ1) is 74.3. The molecule has 3 N–H and O–H groups in total. The lowest BCUT2D eigenvalue weighted by molar-refractivity contribution is -0.143. The summed E-state index contributed by atoms with van der Waals surface area (Å²) in [4.78, 5) is 24.6. The van der Waals surface area contributed by atoms with E-state index in [1.165, 1.54) is 308 Å². The lowest BCUT2D eigenvalue weighted by atomic mass is 10.0. The highest BCUT2D eigenvalue weighted by atomic mass is 16.5. The molecule has 2 atom stereocenters. The van der Waals surface area contributed by atoms with Crippen LogP contribution in [0.2, 0.25) is 0 Å². The van der Waals surface area contributed by atoms with Gasteiger partial charge in [0.05, 0.1) is 25.4 Å². The van der Waals surface area contributed by atoms with Crippen molar-refractivity contribution in [3.8, 4) is 0 Å². The highest BCUT2D eigenvalue weighted by molar-refractivity contribution is 5.76. The van der Waals surface area contributed by atoms with Gasteiger partial charge in [-0.1, -0.05) is 340 Å². The Kier molecular flexibility index (Phi) is 64.4. The van der Waals surface area contributed by atoms with Gasteiger partial charge in [0.2, 0.25) is 5.91 Å². The summed E-state index contributed by atoms with van der Waals surface area (Å²) in [5.41, 5.74) is 0. The largest absolute Gasteiger partial charge is 0.466 e. The zero-order valence-corrected chi connectivity index (χ0v) is 51.5. The van der Waals surface area contributed by atoms with Crippen LogP contribution in [0.1, 0.15) is 386 Å². The molecule has 0 aromatic rings. The maximum Gasteiger partial charge on any atom is 0.305 e. The Morgan fingerprint density at radius 2 is 0.658 bits per heavy atom. The van der Waals surface area contributed by atoms with Crippen molar-refractivity contribution in [3.63, 3.8) is 0 Å². The highest BCUT2D eigenvalue weighted by Gasteiger charge is 2.20. The number of hydrogen-bond donors (Lipinski definition) is 3. The van der Waals surface area contributed by atoms with E-state index in [4.69, 9.17) is 4.74 Å². The number of rotatable bonds is 65. The third-order valence-corrected chi connectivity index (χ3v) is 16.3. The number of carbonyl (C=O) groups is 2. The molecule has 450 valence electrons. The first-order valence-corrected chi connectivity index (χ1v) is 34.6. The summed E-state index contributed by atoms with van der Waals surface area (Å²) in [6, 6.07) is -0.550. The molecule has 2 unspecified atom stereocenters. The standard InChI is InChI=1S/C70H135NO5/c1-3-5-7-9-11-13-15-17-18-19-20-21-22-24-27-30-33-36-39-42-46-50-54-58-62-68(73)67(66-72)71-69(74)63-59-55-51-47-43-40-37-34-31-28-25-23-26-29-32-35-38-41-45-49-53-57-61-65-76-70(75)64-60-56-52-48-44-16-14-12-10-8-6-4-2/h23,26,28,31,67-68,72-73H,3-22,24-25,27,29-30,32-66H2,1-2H3,(H,71,74)/b26-23-,31-28-. The molecule has 0 radical (unpaired) electrons. The van der Waals surface area contributed by atoms with Crippen LogP contribution in [-0.2, 0) is 14.3 Å². The predicted octanol–water partition coefficient (Wildman–Crippen LogP) is 22.1. The summed E-state index contributed by atoms with van der Waals surface area (Å²) in [6.45, 7) is 4.98. The quantitative estimate of drug-likeness (QED) is 0.0320. The molecule has 0 heterocycles. The summed E-state index contributed by atoms with van der Waals surface area (Å²) < 4.78 is 5.47. The van der Waals surface area contributed by atoms with Crippen LogP contribution in [0, 0.1) is 0 Å². The predicted molar refractivity (Wildman–Crippen MR) is 333 cm³/mol. The number of unbranched alkanes of at least 4 members (excludes halogenated alkanes) is 50. The van der Waals surface area contributed by atoms with E-state index in [9.17, 15) is 19.8 Å². The van der Waals surface area contributed by atoms with Crippen LogP contribution in [0.3, 0.4) is 0 Å².